The Morgan fingerprint density at radius 3 is 2.12 bits per heavy atom. The van der Waals surface area contributed by atoms with Crippen LogP contribution in [0.25, 0.3) is 0 Å². The molecule has 0 saturated heterocycles. The van der Waals surface area contributed by atoms with Gasteiger partial charge in [-0.1, -0.05) is 19.1 Å². The highest BCUT2D eigenvalue weighted by molar-refractivity contribution is 6.31. The molecule has 17 heavy (non-hydrogen) atoms. The van der Waals surface area contributed by atoms with Crippen molar-refractivity contribution in [1.82, 2.24) is 15.0 Å². The number of anilines is 2. The van der Waals surface area contributed by atoms with Crippen molar-refractivity contribution in [3.8, 4) is 0 Å². The lowest BCUT2D eigenvalue weighted by atomic mass is 10.1. The molecule has 0 amide bonds. The second-order valence-corrected chi connectivity index (χ2v) is 4.05. The lowest BCUT2D eigenvalue weighted by Gasteiger charge is -2.05. The van der Waals surface area contributed by atoms with Gasteiger partial charge in [0, 0.05) is 5.69 Å². The normalized spacial score (nSPS) is 10.3. The van der Waals surface area contributed by atoms with Gasteiger partial charge in [-0.25, -0.2) is 0 Å². The van der Waals surface area contributed by atoms with Crippen LogP contribution < -0.4 is 5.32 Å². The molecule has 1 heterocycles. The molecule has 4 nitrogen and oxygen atoms in total. The van der Waals surface area contributed by atoms with E-state index in [1.165, 1.54) is 5.56 Å². The smallest absolute Gasteiger partial charge is 0.232 e. The Morgan fingerprint density at radius 1 is 1.00 bits per heavy atom. The minimum Gasteiger partial charge on any atom is -0.324 e. The molecule has 6 heteroatoms. The quantitative estimate of drug-likeness (QED) is 0.926. The molecule has 0 spiro atoms. The van der Waals surface area contributed by atoms with Crippen LogP contribution in [-0.4, -0.2) is 15.0 Å². The molecule has 0 atom stereocenters. The fraction of sp³-hybridized carbons (Fsp3) is 0.182. The summed E-state index contributed by atoms with van der Waals surface area (Å²) in [7, 11) is 0. The predicted octanol–water partition coefficient (Wildman–Crippen LogP) is 3.48. The van der Waals surface area contributed by atoms with E-state index in [2.05, 4.69) is 27.2 Å². The van der Waals surface area contributed by atoms with Crippen LogP contribution in [0.5, 0.6) is 0 Å². The largest absolute Gasteiger partial charge is 0.324 e. The molecule has 2 rings (SSSR count). The van der Waals surface area contributed by atoms with E-state index in [4.69, 9.17) is 23.2 Å². The maximum atomic E-state index is 5.68. The summed E-state index contributed by atoms with van der Waals surface area (Å²) in [6, 6.07) is 7.97. The molecule has 1 aromatic carbocycles. The van der Waals surface area contributed by atoms with E-state index < -0.39 is 0 Å². The number of halogens is 2. The van der Waals surface area contributed by atoms with E-state index in [9.17, 15) is 0 Å². The number of rotatable bonds is 3. The topological polar surface area (TPSA) is 50.7 Å². The van der Waals surface area contributed by atoms with Gasteiger partial charge < -0.3 is 5.32 Å². The van der Waals surface area contributed by atoms with Crippen LogP contribution in [0.1, 0.15) is 12.5 Å². The lowest BCUT2D eigenvalue weighted by Crippen LogP contribution is -1.99. The van der Waals surface area contributed by atoms with Gasteiger partial charge >= 0.3 is 0 Å². The number of hydrogen-bond acceptors (Lipinski definition) is 4. The van der Waals surface area contributed by atoms with Crippen LogP contribution in [0.15, 0.2) is 24.3 Å². The van der Waals surface area contributed by atoms with Crippen molar-refractivity contribution in [3.05, 3.63) is 40.4 Å². The average molecular weight is 269 g/mol. The van der Waals surface area contributed by atoms with Gasteiger partial charge in [-0.15, -0.1) is 0 Å². The van der Waals surface area contributed by atoms with Gasteiger partial charge in [0.25, 0.3) is 0 Å². The van der Waals surface area contributed by atoms with Gasteiger partial charge in [-0.3, -0.25) is 0 Å². The van der Waals surface area contributed by atoms with E-state index in [0.717, 1.165) is 12.1 Å². The van der Waals surface area contributed by atoms with Crippen molar-refractivity contribution in [2.45, 2.75) is 13.3 Å². The van der Waals surface area contributed by atoms with Gasteiger partial charge in [0.1, 0.15) is 0 Å². The van der Waals surface area contributed by atoms with Crippen molar-refractivity contribution in [3.63, 3.8) is 0 Å². The van der Waals surface area contributed by atoms with E-state index in [0.29, 0.717) is 5.95 Å². The molecule has 0 unspecified atom stereocenters. The lowest BCUT2D eigenvalue weighted by molar-refractivity contribution is 1.05. The molecule has 0 saturated carbocycles. The molecule has 0 aliphatic heterocycles. The summed E-state index contributed by atoms with van der Waals surface area (Å²) in [5, 5.41) is 3.14. The number of aromatic nitrogens is 3. The number of nitrogens with one attached hydrogen (secondary N) is 1. The number of aryl methyl sites for hydroxylation is 1. The second-order valence-electron chi connectivity index (χ2n) is 3.37. The summed E-state index contributed by atoms with van der Waals surface area (Å²) in [6.07, 6.45) is 1.00. The Balaban J connectivity index is 2.19. The highest BCUT2D eigenvalue weighted by Crippen LogP contribution is 2.16. The van der Waals surface area contributed by atoms with Gasteiger partial charge in [-0.2, -0.15) is 15.0 Å². The fourth-order valence-electron chi connectivity index (χ4n) is 1.33. The molecule has 0 bridgehead atoms. The van der Waals surface area contributed by atoms with Gasteiger partial charge in [-0.05, 0) is 47.3 Å². The van der Waals surface area contributed by atoms with Crippen LogP contribution in [0, 0.1) is 0 Å². The Kier molecular flexibility index (Phi) is 3.76. The highest BCUT2D eigenvalue weighted by atomic mass is 35.5. The monoisotopic (exact) mass is 268 g/mol. The zero-order valence-electron chi connectivity index (χ0n) is 9.11. The van der Waals surface area contributed by atoms with Gasteiger partial charge in [0.15, 0.2) is 0 Å². The van der Waals surface area contributed by atoms with E-state index in [1.54, 1.807) is 0 Å². The van der Waals surface area contributed by atoms with E-state index >= 15 is 0 Å². The van der Waals surface area contributed by atoms with E-state index in [-0.39, 0.29) is 10.6 Å². The maximum absolute atomic E-state index is 5.68. The Labute approximate surface area is 109 Å². The molecule has 1 N–H and O–H groups in total. The van der Waals surface area contributed by atoms with Gasteiger partial charge in [0.2, 0.25) is 16.5 Å². The van der Waals surface area contributed by atoms with Crippen LogP contribution in [0.4, 0.5) is 11.6 Å². The van der Waals surface area contributed by atoms with Crippen LogP contribution in [0.3, 0.4) is 0 Å². The summed E-state index contributed by atoms with van der Waals surface area (Å²) in [5.41, 5.74) is 2.14. The van der Waals surface area contributed by atoms with Crippen LogP contribution >= 0.6 is 23.2 Å². The summed E-state index contributed by atoms with van der Waals surface area (Å²) >= 11 is 11.4. The van der Waals surface area contributed by atoms with E-state index in [1.807, 2.05) is 24.3 Å². The van der Waals surface area contributed by atoms with Crippen LogP contribution in [-0.2, 0) is 6.42 Å². The Bertz CT molecular complexity index is 493. The molecule has 2 aromatic rings. The standard InChI is InChI=1S/C11H10Cl2N4/c1-2-7-3-5-8(6-4-7)14-11-16-9(12)15-10(13)17-11/h3-6H,2H2,1H3,(H,14,15,16,17). The zero-order chi connectivity index (χ0) is 12.3. The third-order valence-corrected chi connectivity index (χ3v) is 2.54. The molecule has 0 radical (unpaired) electrons. The Morgan fingerprint density at radius 2 is 1.59 bits per heavy atom. The molecule has 1 aromatic heterocycles. The summed E-state index contributed by atoms with van der Waals surface area (Å²) in [5.74, 6) is 0.333. The van der Waals surface area contributed by atoms with Crippen molar-refractivity contribution >= 4 is 34.8 Å². The third-order valence-electron chi connectivity index (χ3n) is 2.20. The minimum atomic E-state index is 0.0673. The summed E-state index contributed by atoms with van der Waals surface area (Å²) in [4.78, 5) is 11.5. The minimum absolute atomic E-state index is 0.0673. The Hall–Kier alpha value is -1.39. The van der Waals surface area contributed by atoms with Crippen molar-refractivity contribution in [1.29, 1.82) is 0 Å². The summed E-state index contributed by atoms with van der Waals surface area (Å²) < 4.78 is 0. The highest BCUT2D eigenvalue weighted by Gasteiger charge is 2.03. The maximum Gasteiger partial charge on any atom is 0.232 e. The number of hydrogen-bond donors (Lipinski definition) is 1. The molecular weight excluding hydrogens is 259 g/mol. The predicted molar refractivity (Wildman–Crippen MR) is 68.9 cm³/mol. The molecule has 0 aliphatic carbocycles. The second kappa shape index (κ2) is 5.29. The van der Waals surface area contributed by atoms with Crippen molar-refractivity contribution in [2.24, 2.45) is 0 Å². The number of nitrogens with zero attached hydrogens (tertiary/aromatic N) is 3. The fourth-order valence-corrected chi connectivity index (χ4v) is 1.70. The SMILES string of the molecule is CCc1ccc(Nc2nc(Cl)nc(Cl)n2)cc1. The number of benzene rings is 1. The average Bonchev–Trinajstić information content (AvgIpc) is 2.28. The first kappa shape index (κ1) is 12.1. The van der Waals surface area contributed by atoms with Crippen molar-refractivity contribution in [2.75, 3.05) is 5.32 Å². The molecule has 0 fully saturated rings. The first-order valence-electron chi connectivity index (χ1n) is 5.10. The molecule has 0 aliphatic rings. The third kappa shape index (κ3) is 3.28. The molecule has 88 valence electrons. The first-order chi connectivity index (χ1) is 8.17. The van der Waals surface area contributed by atoms with Gasteiger partial charge in [0.05, 0.1) is 0 Å². The van der Waals surface area contributed by atoms with Crippen LogP contribution in [0.2, 0.25) is 10.6 Å². The summed E-state index contributed by atoms with van der Waals surface area (Å²) in [6.45, 7) is 2.11. The molecular formula is C11H10Cl2N4. The first-order valence-corrected chi connectivity index (χ1v) is 5.86. The van der Waals surface area contributed by atoms with Crippen molar-refractivity contribution < 1.29 is 0 Å². The zero-order valence-corrected chi connectivity index (χ0v) is 10.6.